The highest BCUT2D eigenvalue weighted by Gasteiger charge is 2.21. The first kappa shape index (κ1) is 14.8. The number of aliphatic hydroxyl groups is 1. The number of β-amino-alcohol motifs (C(OH)–C–C–N with tert-alkyl or cyclic N) is 1. The van der Waals surface area contributed by atoms with Gasteiger partial charge in [-0.05, 0) is 45.3 Å². The highest BCUT2D eigenvalue weighted by molar-refractivity contribution is 5.78. The maximum absolute atomic E-state index is 12.1. The monoisotopic (exact) mass is 269 g/mol. The Morgan fingerprint density at radius 3 is 2.58 bits per heavy atom. The fourth-order valence-corrected chi connectivity index (χ4v) is 2.91. The highest BCUT2D eigenvalue weighted by Crippen LogP contribution is 2.10. The number of amides is 1. The Kier molecular flexibility index (Phi) is 5.60. The third-order valence-electron chi connectivity index (χ3n) is 4.22. The van der Waals surface area contributed by atoms with Gasteiger partial charge in [-0.3, -0.25) is 9.69 Å². The minimum absolute atomic E-state index is 0.174. The van der Waals surface area contributed by atoms with Gasteiger partial charge in [0.2, 0.25) is 5.91 Å². The molecule has 2 saturated heterocycles. The number of carbonyl (C=O) groups excluding carboxylic acids is 1. The van der Waals surface area contributed by atoms with Crippen LogP contribution in [0.4, 0.5) is 0 Å². The van der Waals surface area contributed by atoms with Crippen molar-refractivity contribution in [2.24, 2.45) is 0 Å². The Morgan fingerprint density at radius 2 is 1.89 bits per heavy atom. The van der Waals surface area contributed by atoms with Crippen LogP contribution in [0.5, 0.6) is 0 Å². The summed E-state index contributed by atoms with van der Waals surface area (Å²) in [6, 6.07) is 0. The lowest BCUT2D eigenvalue weighted by Gasteiger charge is -2.31. The first-order valence-electron chi connectivity index (χ1n) is 7.52. The molecule has 0 spiro atoms. The van der Waals surface area contributed by atoms with Crippen LogP contribution >= 0.6 is 0 Å². The van der Waals surface area contributed by atoms with Crippen molar-refractivity contribution < 1.29 is 9.90 Å². The van der Waals surface area contributed by atoms with Crippen molar-refractivity contribution in [2.75, 3.05) is 52.9 Å². The van der Waals surface area contributed by atoms with Crippen molar-refractivity contribution in [1.82, 2.24) is 14.7 Å². The molecule has 0 aliphatic carbocycles. The summed E-state index contributed by atoms with van der Waals surface area (Å²) in [5.41, 5.74) is 0. The van der Waals surface area contributed by atoms with Crippen LogP contribution < -0.4 is 0 Å². The average molecular weight is 269 g/mol. The third kappa shape index (κ3) is 4.75. The van der Waals surface area contributed by atoms with E-state index in [-0.39, 0.29) is 12.0 Å². The Hall–Kier alpha value is -0.650. The van der Waals surface area contributed by atoms with Gasteiger partial charge in [0.05, 0.1) is 12.6 Å². The van der Waals surface area contributed by atoms with Crippen LogP contribution in [0.1, 0.15) is 25.7 Å². The van der Waals surface area contributed by atoms with Gasteiger partial charge in [-0.2, -0.15) is 0 Å². The standard InChI is InChI=1S/C14H27N3O2/c1-15(9-10-16-6-2-3-7-16)14(19)12-17-8-4-5-13(18)11-17/h13,18H,2-12H2,1H3/t13-/m1/s1. The zero-order valence-corrected chi connectivity index (χ0v) is 12.1. The van der Waals surface area contributed by atoms with Crippen molar-refractivity contribution in [1.29, 1.82) is 0 Å². The second-order valence-corrected chi connectivity index (χ2v) is 5.90. The van der Waals surface area contributed by atoms with Gasteiger partial charge in [-0.1, -0.05) is 0 Å². The lowest BCUT2D eigenvalue weighted by atomic mass is 10.1. The molecule has 0 bridgehead atoms. The maximum Gasteiger partial charge on any atom is 0.236 e. The summed E-state index contributed by atoms with van der Waals surface area (Å²) in [5.74, 6) is 0.174. The van der Waals surface area contributed by atoms with Gasteiger partial charge < -0.3 is 14.9 Å². The first-order chi connectivity index (χ1) is 9.15. The van der Waals surface area contributed by atoms with E-state index in [1.54, 1.807) is 0 Å². The minimum atomic E-state index is -0.253. The lowest BCUT2D eigenvalue weighted by Crippen LogP contribution is -2.45. The Bertz CT molecular complexity index is 292. The molecule has 2 heterocycles. The van der Waals surface area contributed by atoms with Gasteiger partial charge in [0.25, 0.3) is 0 Å². The summed E-state index contributed by atoms with van der Waals surface area (Å²) in [5, 5.41) is 9.60. The fourth-order valence-electron chi connectivity index (χ4n) is 2.91. The van der Waals surface area contributed by atoms with Gasteiger partial charge in [0, 0.05) is 26.7 Å². The number of likely N-dealkylation sites (tertiary alicyclic amines) is 2. The molecule has 1 amide bonds. The SMILES string of the molecule is CN(CCN1CCCC1)C(=O)CN1CCC[C@@H](O)C1. The Labute approximate surface area is 116 Å². The molecule has 110 valence electrons. The minimum Gasteiger partial charge on any atom is -0.392 e. The Balaban J connectivity index is 1.66. The van der Waals surface area contributed by atoms with Crippen molar-refractivity contribution >= 4 is 5.91 Å². The maximum atomic E-state index is 12.1. The van der Waals surface area contributed by atoms with E-state index < -0.39 is 0 Å². The van der Waals surface area contributed by atoms with E-state index in [4.69, 9.17) is 0 Å². The molecule has 0 aromatic heterocycles. The molecule has 0 unspecified atom stereocenters. The quantitative estimate of drug-likeness (QED) is 0.763. The Morgan fingerprint density at radius 1 is 1.21 bits per heavy atom. The summed E-state index contributed by atoms with van der Waals surface area (Å²) in [6.07, 6.45) is 4.20. The summed E-state index contributed by atoms with van der Waals surface area (Å²) < 4.78 is 0. The molecule has 0 radical (unpaired) electrons. The molecule has 5 heteroatoms. The molecule has 5 nitrogen and oxygen atoms in total. The van der Waals surface area contributed by atoms with E-state index in [0.29, 0.717) is 13.1 Å². The van der Waals surface area contributed by atoms with E-state index in [1.807, 2.05) is 11.9 Å². The van der Waals surface area contributed by atoms with Crippen molar-refractivity contribution in [3.63, 3.8) is 0 Å². The van der Waals surface area contributed by atoms with Crippen LogP contribution in [0.2, 0.25) is 0 Å². The van der Waals surface area contributed by atoms with Crippen molar-refractivity contribution in [3.8, 4) is 0 Å². The van der Waals surface area contributed by atoms with Crippen LogP contribution in [-0.2, 0) is 4.79 Å². The zero-order valence-electron chi connectivity index (χ0n) is 12.1. The molecule has 19 heavy (non-hydrogen) atoms. The number of nitrogens with zero attached hydrogens (tertiary/aromatic N) is 3. The van der Waals surface area contributed by atoms with Crippen LogP contribution in [0.3, 0.4) is 0 Å². The van der Waals surface area contributed by atoms with Crippen LogP contribution in [0, 0.1) is 0 Å². The largest absolute Gasteiger partial charge is 0.392 e. The smallest absolute Gasteiger partial charge is 0.236 e. The van der Waals surface area contributed by atoms with Crippen LogP contribution in [0.25, 0.3) is 0 Å². The number of likely N-dealkylation sites (N-methyl/N-ethyl adjacent to an activating group) is 1. The molecular weight excluding hydrogens is 242 g/mol. The molecular formula is C14H27N3O2. The molecule has 2 aliphatic heterocycles. The number of piperidine rings is 1. The van der Waals surface area contributed by atoms with Crippen molar-refractivity contribution in [2.45, 2.75) is 31.8 Å². The molecule has 0 aromatic rings. The van der Waals surface area contributed by atoms with Gasteiger partial charge in [-0.25, -0.2) is 0 Å². The molecule has 2 aliphatic rings. The number of hydrogen-bond acceptors (Lipinski definition) is 4. The second-order valence-electron chi connectivity index (χ2n) is 5.90. The van der Waals surface area contributed by atoms with E-state index in [9.17, 15) is 9.90 Å². The van der Waals surface area contributed by atoms with Crippen LogP contribution in [-0.4, -0.2) is 84.7 Å². The van der Waals surface area contributed by atoms with Gasteiger partial charge >= 0.3 is 0 Å². The van der Waals surface area contributed by atoms with Gasteiger partial charge in [0.15, 0.2) is 0 Å². The predicted molar refractivity (Wildman–Crippen MR) is 75.0 cm³/mol. The topological polar surface area (TPSA) is 47.0 Å². The summed E-state index contributed by atoms with van der Waals surface area (Å²) in [6.45, 7) is 6.20. The second kappa shape index (κ2) is 7.22. The highest BCUT2D eigenvalue weighted by atomic mass is 16.3. The van der Waals surface area contributed by atoms with Gasteiger partial charge in [0.1, 0.15) is 0 Å². The summed E-state index contributed by atoms with van der Waals surface area (Å²) >= 11 is 0. The number of rotatable bonds is 5. The predicted octanol–water partition coefficient (Wildman–Crippen LogP) is -0.00270. The van der Waals surface area contributed by atoms with E-state index in [0.717, 1.165) is 32.5 Å². The van der Waals surface area contributed by atoms with Crippen molar-refractivity contribution in [3.05, 3.63) is 0 Å². The molecule has 2 rings (SSSR count). The molecule has 2 fully saturated rings. The third-order valence-corrected chi connectivity index (χ3v) is 4.22. The normalized spacial score (nSPS) is 25.7. The van der Waals surface area contributed by atoms with Gasteiger partial charge in [-0.15, -0.1) is 0 Å². The number of carbonyl (C=O) groups is 1. The average Bonchev–Trinajstić information content (AvgIpc) is 2.89. The molecule has 1 N–H and O–H groups in total. The molecule has 0 saturated carbocycles. The molecule has 1 atom stereocenters. The van der Waals surface area contributed by atoms with Crippen LogP contribution in [0.15, 0.2) is 0 Å². The lowest BCUT2D eigenvalue weighted by molar-refractivity contribution is -0.132. The fraction of sp³-hybridized carbons (Fsp3) is 0.929. The van der Waals surface area contributed by atoms with E-state index in [2.05, 4.69) is 9.80 Å². The summed E-state index contributed by atoms with van der Waals surface area (Å²) in [7, 11) is 1.89. The molecule has 0 aromatic carbocycles. The first-order valence-corrected chi connectivity index (χ1v) is 7.52. The zero-order chi connectivity index (χ0) is 13.7. The summed E-state index contributed by atoms with van der Waals surface area (Å²) in [4.78, 5) is 18.4. The number of aliphatic hydroxyl groups excluding tert-OH is 1. The van der Waals surface area contributed by atoms with E-state index in [1.165, 1.54) is 25.9 Å². The van der Waals surface area contributed by atoms with E-state index >= 15 is 0 Å². The number of hydrogen-bond donors (Lipinski definition) is 1.